The van der Waals surface area contributed by atoms with Crippen LogP contribution in [0, 0.1) is 0 Å². The van der Waals surface area contributed by atoms with Crippen LogP contribution in [0.3, 0.4) is 0 Å². The molecule has 0 atom stereocenters. The van der Waals surface area contributed by atoms with E-state index in [0.29, 0.717) is 17.8 Å². The minimum absolute atomic E-state index is 0.144. The first kappa shape index (κ1) is 12.0. The van der Waals surface area contributed by atoms with Crippen molar-refractivity contribution in [1.29, 1.82) is 0 Å². The van der Waals surface area contributed by atoms with Crippen molar-refractivity contribution >= 4 is 5.91 Å². The van der Waals surface area contributed by atoms with Crippen LogP contribution in [0.2, 0.25) is 0 Å². The van der Waals surface area contributed by atoms with E-state index in [2.05, 4.69) is 21.9 Å². The van der Waals surface area contributed by atoms with Gasteiger partial charge in [-0.3, -0.25) is 14.8 Å². The molecule has 1 amide bonds. The number of nitrogens with zero attached hydrogens (tertiary/aromatic N) is 2. The summed E-state index contributed by atoms with van der Waals surface area (Å²) < 4.78 is 0. The molecule has 2 rings (SSSR count). The molecule has 2 aromatic rings. The van der Waals surface area contributed by atoms with Crippen LogP contribution in [0.5, 0.6) is 0 Å². The average molecular weight is 239 g/mol. The van der Waals surface area contributed by atoms with Crippen LogP contribution in [0.25, 0.3) is 11.4 Å². The summed E-state index contributed by atoms with van der Waals surface area (Å²) in [7, 11) is 0. The standard InChI is InChI=1S/C14H13N3O/c1-2-7-17-14(18)11-6-9-16-13(10-11)12-5-3-4-8-15-12/h2-6,8-10H,1,7H2,(H,17,18). The van der Waals surface area contributed by atoms with Gasteiger partial charge < -0.3 is 5.32 Å². The number of carbonyl (C=O) groups is 1. The molecule has 18 heavy (non-hydrogen) atoms. The molecule has 0 unspecified atom stereocenters. The summed E-state index contributed by atoms with van der Waals surface area (Å²) in [5, 5.41) is 2.72. The first-order valence-electron chi connectivity index (χ1n) is 5.58. The van der Waals surface area contributed by atoms with Crippen molar-refractivity contribution in [2.45, 2.75) is 0 Å². The maximum absolute atomic E-state index is 11.8. The fourth-order valence-corrected chi connectivity index (χ4v) is 1.49. The van der Waals surface area contributed by atoms with E-state index in [1.807, 2.05) is 18.2 Å². The zero-order valence-electron chi connectivity index (χ0n) is 9.84. The maximum atomic E-state index is 11.8. The summed E-state index contributed by atoms with van der Waals surface area (Å²) in [4.78, 5) is 20.2. The summed E-state index contributed by atoms with van der Waals surface area (Å²) in [6.45, 7) is 4.00. The SMILES string of the molecule is C=CCNC(=O)c1ccnc(-c2ccccn2)c1. The Labute approximate surface area is 105 Å². The van der Waals surface area contributed by atoms with Gasteiger partial charge in [-0.05, 0) is 24.3 Å². The summed E-state index contributed by atoms with van der Waals surface area (Å²) in [6, 6.07) is 8.97. The highest BCUT2D eigenvalue weighted by Crippen LogP contribution is 2.14. The largest absolute Gasteiger partial charge is 0.349 e. The quantitative estimate of drug-likeness (QED) is 0.831. The molecule has 0 saturated carbocycles. The Balaban J connectivity index is 2.25. The van der Waals surface area contributed by atoms with Gasteiger partial charge in [0.1, 0.15) is 0 Å². The topological polar surface area (TPSA) is 54.9 Å². The van der Waals surface area contributed by atoms with E-state index >= 15 is 0 Å². The Bertz CT molecular complexity index is 552. The first-order valence-corrected chi connectivity index (χ1v) is 5.58. The lowest BCUT2D eigenvalue weighted by atomic mass is 10.1. The Hall–Kier alpha value is -2.49. The van der Waals surface area contributed by atoms with Crippen molar-refractivity contribution in [1.82, 2.24) is 15.3 Å². The van der Waals surface area contributed by atoms with E-state index in [1.165, 1.54) is 0 Å². The molecule has 90 valence electrons. The smallest absolute Gasteiger partial charge is 0.251 e. The summed E-state index contributed by atoms with van der Waals surface area (Å²) >= 11 is 0. The van der Waals surface area contributed by atoms with Gasteiger partial charge in [-0.1, -0.05) is 12.1 Å². The van der Waals surface area contributed by atoms with Crippen molar-refractivity contribution in [3.63, 3.8) is 0 Å². The Kier molecular flexibility index (Phi) is 3.81. The lowest BCUT2D eigenvalue weighted by molar-refractivity contribution is 0.0958. The zero-order chi connectivity index (χ0) is 12.8. The molecular formula is C14H13N3O. The molecule has 4 heteroatoms. The molecule has 0 aromatic carbocycles. The fraction of sp³-hybridized carbons (Fsp3) is 0.0714. The van der Waals surface area contributed by atoms with Gasteiger partial charge in [-0.2, -0.15) is 0 Å². The minimum atomic E-state index is -0.144. The second-order valence-corrected chi connectivity index (χ2v) is 3.64. The molecule has 2 aromatic heterocycles. The third-order valence-electron chi connectivity index (χ3n) is 2.36. The molecule has 0 bridgehead atoms. The maximum Gasteiger partial charge on any atom is 0.251 e. The van der Waals surface area contributed by atoms with Gasteiger partial charge in [0.15, 0.2) is 0 Å². The van der Waals surface area contributed by atoms with Gasteiger partial charge in [-0.25, -0.2) is 0 Å². The molecule has 0 aliphatic heterocycles. The fourth-order valence-electron chi connectivity index (χ4n) is 1.49. The molecule has 0 spiro atoms. The van der Waals surface area contributed by atoms with Crippen molar-refractivity contribution in [3.8, 4) is 11.4 Å². The predicted octanol–water partition coefficient (Wildman–Crippen LogP) is 2.06. The van der Waals surface area contributed by atoms with Gasteiger partial charge >= 0.3 is 0 Å². The van der Waals surface area contributed by atoms with Crippen molar-refractivity contribution in [2.24, 2.45) is 0 Å². The van der Waals surface area contributed by atoms with Crippen LogP contribution in [-0.2, 0) is 0 Å². The number of amides is 1. The van der Waals surface area contributed by atoms with Gasteiger partial charge in [0, 0.05) is 24.5 Å². The second-order valence-electron chi connectivity index (χ2n) is 3.64. The summed E-state index contributed by atoms with van der Waals surface area (Å²) in [5.74, 6) is -0.144. The van der Waals surface area contributed by atoms with Crippen LogP contribution >= 0.6 is 0 Å². The Morgan fingerprint density at radius 3 is 2.78 bits per heavy atom. The Morgan fingerprint density at radius 1 is 1.22 bits per heavy atom. The van der Waals surface area contributed by atoms with Gasteiger partial charge in [0.2, 0.25) is 0 Å². The van der Waals surface area contributed by atoms with Crippen LogP contribution in [0.4, 0.5) is 0 Å². The lowest BCUT2D eigenvalue weighted by Crippen LogP contribution is -2.23. The molecule has 0 fully saturated rings. The third kappa shape index (κ3) is 2.79. The molecule has 0 saturated heterocycles. The molecule has 0 aliphatic rings. The molecule has 0 radical (unpaired) electrons. The van der Waals surface area contributed by atoms with E-state index in [1.54, 1.807) is 30.6 Å². The van der Waals surface area contributed by atoms with E-state index in [4.69, 9.17) is 0 Å². The monoisotopic (exact) mass is 239 g/mol. The van der Waals surface area contributed by atoms with Crippen LogP contribution in [0.1, 0.15) is 10.4 Å². The van der Waals surface area contributed by atoms with Crippen molar-refractivity contribution in [3.05, 3.63) is 60.9 Å². The second kappa shape index (κ2) is 5.72. The highest BCUT2D eigenvalue weighted by Gasteiger charge is 2.07. The molecular weight excluding hydrogens is 226 g/mol. The molecule has 2 heterocycles. The van der Waals surface area contributed by atoms with Crippen LogP contribution in [-0.4, -0.2) is 22.4 Å². The number of aromatic nitrogens is 2. The number of hydrogen-bond acceptors (Lipinski definition) is 3. The average Bonchev–Trinajstić information content (AvgIpc) is 2.46. The van der Waals surface area contributed by atoms with E-state index in [-0.39, 0.29) is 5.91 Å². The number of pyridine rings is 2. The summed E-state index contributed by atoms with van der Waals surface area (Å²) in [5.41, 5.74) is 1.99. The van der Waals surface area contributed by atoms with Crippen LogP contribution < -0.4 is 5.32 Å². The predicted molar refractivity (Wildman–Crippen MR) is 70.0 cm³/mol. The van der Waals surface area contributed by atoms with Gasteiger partial charge in [0.05, 0.1) is 11.4 Å². The van der Waals surface area contributed by atoms with E-state index < -0.39 is 0 Å². The van der Waals surface area contributed by atoms with Crippen molar-refractivity contribution < 1.29 is 4.79 Å². The third-order valence-corrected chi connectivity index (χ3v) is 2.36. The molecule has 4 nitrogen and oxygen atoms in total. The number of rotatable bonds is 4. The lowest BCUT2D eigenvalue weighted by Gasteiger charge is -2.04. The van der Waals surface area contributed by atoms with E-state index in [9.17, 15) is 4.79 Å². The van der Waals surface area contributed by atoms with Crippen LogP contribution in [0.15, 0.2) is 55.4 Å². The normalized spacial score (nSPS) is 9.78. The van der Waals surface area contributed by atoms with Gasteiger partial charge in [-0.15, -0.1) is 6.58 Å². The number of hydrogen-bond donors (Lipinski definition) is 1. The van der Waals surface area contributed by atoms with Gasteiger partial charge in [0.25, 0.3) is 5.91 Å². The highest BCUT2D eigenvalue weighted by molar-refractivity contribution is 5.95. The Morgan fingerprint density at radius 2 is 2.06 bits per heavy atom. The molecule has 1 N–H and O–H groups in total. The number of nitrogens with one attached hydrogen (secondary N) is 1. The number of carbonyl (C=O) groups excluding carboxylic acids is 1. The van der Waals surface area contributed by atoms with E-state index in [0.717, 1.165) is 5.69 Å². The zero-order valence-corrected chi connectivity index (χ0v) is 9.84. The highest BCUT2D eigenvalue weighted by atomic mass is 16.1. The summed E-state index contributed by atoms with van der Waals surface area (Å²) in [6.07, 6.45) is 4.94. The first-order chi connectivity index (χ1) is 8.81. The van der Waals surface area contributed by atoms with Crippen molar-refractivity contribution in [2.75, 3.05) is 6.54 Å². The molecule has 0 aliphatic carbocycles. The minimum Gasteiger partial charge on any atom is -0.349 e.